The number of hydrogen-bond acceptors (Lipinski definition) is 2. The highest BCUT2D eigenvalue weighted by molar-refractivity contribution is 6.30. The van der Waals surface area contributed by atoms with E-state index in [1.807, 2.05) is 24.4 Å². The second-order valence-corrected chi connectivity index (χ2v) is 6.07. The quantitative estimate of drug-likeness (QED) is 0.899. The maximum absolute atomic E-state index is 6.18. The van der Waals surface area contributed by atoms with E-state index < -0.39 is 0 Å². The lowest BCUT2D eigenvalue weighted by Crippen LogP contribution is -2.29. The third kappa shape index (κ3) is 3.12. The second kappa shape index (κ2) is 6.59. The second-order valence-electron chi connectivity index (χ2n) is 5.64. The van der Waals surface area contributed by atoms with Crippen LogP contribution < -0.4 is 5.32 Å². The van der Waals surface area contributed by atoms with Crippen molar-refractivity contribution in [1.82, 2.24) is 10.3 Å². The molecule has 1 heterocycles. The van der Waals surface area contributed by atoms with Crippen LogP contribution in [0.15, 0.2) is 42.6 Å². The van der Waals surface area contributed by atoms with Crippen LogP contribution in [0.5, 0.6) is 0 Å². The van der Waals surface area contributed by atoms with Gasteiger partial charge in [-0.3, -0.25) is 4.98 Å². The van der Waals surface area contributed by atoms with Crippen molar-refractivity contribution >= 4 is 11.6 Å². The van der Waals surface area contributed by atoms with Gasteiger partial charge < -0.3 is 5.32 Å². The first-order valence-corrected chi connectivity index (χ1v) is 8.10. The van der Waals surface area contributed by atoms with Crippen LogP contribution in [-0.4, -0.2) is 11.5 Å². The number of halogens is 1. The van der Waals surface area contributed by atoms with Crippen LogP contribution >= 0.6 is 11.6 Å². The summed E-state index contributed by atoms with van der Waals surface area (Å²) in [6.07, 6.45) is 5.46. The van der Waals surface area contributed by atoms with Crippen LogP contribution in [0.4, 0.5) is 0 Å². The van der Waals surface area contributed by atoms with Crippen LogP contribution in [0.25, 0.3) is 0 Å². The molecule has 0 fully saturated rings. The number of likely N-dealkylation sites (N-methyl/N-ethyl adjacent to an activating group) is 1. The zero-order valence-electron chi connectivity index (χ0n) is 12.3. The number of nitrogens with zero attached hydrogens (tertiary/aromatic N) is 1. The van der Waals surface area contributed by atoms with Crippen molar-refractivity contribution in [1.29, 1.82) is 0 Å². The summed E-state index contributed by atoms with van der Waals surface area (Å²) in [6, 6.07) is 12.7. The number of aryl methyl sites for hydroxylation is 1. The fourth-order valence-corrected chi connectivity index (χ4v) is 3.58. The molecule has 0 aliphatic heterocycles. The Labute approximate surface area is 131 Å². The van der Waals surface area contributed by atoms with Crippen molar-refractivity contribution in [2.45, 2.75) is 38.1 Å². The molecule has 3 rings (SSSR count). The van der Waals surface area contributed by atoms with E-state index >= 15 is 0 Å². The van der Waals surface area contributed by atoms with Gasteiger partial charge in [0.1, 0.15) is 0 Å². The highest BCUT2D eigenvalue weighted by Crippen LogP contribution is 2.39. The van der Waals surface area contributed by atoms with E-state index in [2.05, 4.69) is 35.4 Å². The van der Waals surface area contributed by atoms with Crippen molar-refractivity contribution in [2.75, 3.05) is 6.54 Å². The van der Waals surface area contributed by atoms with Crippen molar-refractivity contribution in [3.05, 3.63) is 64.4 Å². The molecule has 0 amide bonds. The minimum absolute atomic E-state index is 0.280. The first-order valence-electron chi connectivity index (χ1n) is 7.72. The Morgan fingerprint density at radius 3 is 3.05 bits per heavy atom. The van der Waals surface area contributed by atoms with Crippen molar-refractivity contribution < 1.29 is 0 Å². The summed E-state index contributed by atoms with van der Waals surface area (Å²) in [5, 5.41) is 4.44. The van der Waals surface area contributed by atoms with Gasteiger partial charge in [0.15, 0.2) is 0 Å². The molecule has 110 valence electrons. The summed E-state index contributed by atoms with van der Waals surface area (Å²) >= 11 is 6.18. The van der Waals surface area contributed by atoms with Gasteiger partial charge in [0, 0.05) is 28.9 Å². The van der Waals surface area contributed by atoms with Crippen molar-refractivity contribution in [2.24, 2.45) is 0 Å². The number of aromatic nitrogens is 1. The van der Waals surface area contributed by atoms with Crippen LogP contribution in [0.2, 0.25) is 5.02 Å². The van der Waals surface area contributed by atoms with E-state index in [4.69, 9.17) is 11.6 Å². The third-order valence-electron chi connectivity index (χ3n) is 4.27. The summed E-state index contributed by atoms with van der Waals surface area (Å²) in [5.74, 6) is 0.424. The molecule has 3 heteroatoms. The Morgan fingerprint density at radius 2 is 2.24 bits per heavy atom. The first kappa shape index (κ1) is 14.6. The Hall–Kier alpha value is -1.38. The molecule has 0 radical (unpaired) electrons. The monoisotopic (exact) mass is 300 g/mol. The summed E-state index contributed by atoms with van der Waals surface area (Å²) in [7, 11) is 0. The Balaban J connectivity index is 1.99. The lowest BCUT2D eigenvalue weighted by atomic mass is 9.79. The van der Waals surface area contributed by atoms with E-state index in [0.717, 1.165) is 18.0 Å². The van der Waals surface area contributed by atoms with Gasteiger partial charge in [-0.2, -0.15) is 0 Å². The average Bonchev–Trinajstić information content (AvgIpc) is 2.52. The Kier molecular flexibility index (Phi) is 4.57. The van der Waals surface area contributed by atoms with Gasteiger partial charge in [0.25, 0.3) is 0 Å². The van der Waals surface area contributed by atoms with Gasteiger partial charge in [0.2, 0.25) is 0 Å². The Bertz CT molecular complexity index is 612. The molecule has 21 heavy (non-hydrogen) atoms. The fraction of sp³-hybridized carbons (Fsp3) is 0.389. The number of nitrogens with one attached hydrogen (secondary N) is 1. The summed E-state index contributed by atoms with van der Waals surface area (Å²) < 4.78 is 0. The number of rotatable bonds is 4. The number of benzene rings is 1. The molecule has 0 spiro atoms. The minimum Gasteiger partial charge on any atom is -0.310 e. The maximum Gasteiger partial charge on any atom is 0.0485 e. The first-order chi connectivity index (χ1) is 10.3. The van der Waals surface area contributed by atoms with Crippen molar-refractivity contribution in [3.8, 4) is 0 Å². The summed E-state index contributed by atoms with van der Waals surface area (Å²) in [4.78, 5) is 4.68. The molecule has 1 aliphatic rings. The smallest absolute Gasteiger partial charge is 0.0485 e. The summed E-state index contributed by atoms with van der Waals surface area (Å²) in [6.45, 7) is 3.09. The van der Waals surface area contributed by atoms with Gasteiger partial charge in [-0.1, -0.05) is 36.7 Å². The lowest BCUT2D eigenvalue weighted by Gasteiger charge is -2.32. The van der Waals surface area contributed by atoms with Crippen LogP contribution in [0.3, 0.4) is 0 Å². The molecular weight excluding hydrogens is 280 g/mol. The molecule has 2 unspecified atom stereocenters. The van der Waals surface area contributed by atoms with Crippen LogP contribution in [0.1, 0.15) is 48.5 Å². The van der Waals surface area contributed by atoms with E-state index in [-0.39, 0.29) is 6.04 Å². The summed E-state index contributed by atoms with van der Waals surface area (Å²) in [5.41, 5.74) is 3.92. The van der Waals surface area contributed by atoms with E-state index in [1.165, 1.54) is 29.7 Å². The molecular formula is C18H21ClN2. The van der Waals surface area contributed by atoms with Gasteiger partial charge in [-0.05, 0) is 55.1 Å². The number of fused-ring (bicyclic) bond motifs is 1. The number of pyridine rings is 1. The normalized spacial score (nSPS) is 19.0. The van der Waals surface area contributed by atoms with E-state index in [0.29, 0.717) is 5.92 Å². The van der Waals surface area contributed by atoms with E-state index in [1.54, 1.807) is 0 Å². The molecule has 1 aliphatic carbocycles. The molecule has 1 N–H and O–H groups in total. The van der Waals surface area contributed by atoms with Crippen LogP contribution in [0, 0.1) is 0 Å². The maximum atomic E-state index is 6.18. The fourth-order valence-electron chi connectivity index (χ4n) is 3.38. The minimum atomic E-state index is 0.280. The molecule has 2 nitrogen and oxygen atoms in total. The molecule has 0 saturated heterocycles. The predicted molar refractivity (Wildman–Crippen MR) is 87.8 cm³/mol. The zero-order valence-corrected chi connectivity index (χ0v) is 13.1. The van der Waals surface area contributed by atoms with Gasteiger partial charge in [-0.15, -0.1) is 0 Å². The third-order valence-corrected chi connectivity index (χ3v) is 4.51. The molecule has 1 aromatic carbocycles. The Morgan fingerprint density at radius 1 is 1.33 bits per heavy atom. The molecule has 2 atom stereocenters. The average molecular weight is 301 g/mol. The SMILES string of the molecule is CCNC(c1cccc(Cl)c1)C1CCCc2cccnc21. The molecule has 1 aromatic heterocycles. The molecule has 0 saturated carbocycles. The van der Waals surface area contributed by atoms with E-state index in [9.17, 15) is 0 Å². The largest absolute Gasteiger partial charge is 0.310 e. The predicted octanol–water partition coefficient (Wildman–Crippen LogP) is 4.51. The number of hydrogen-bond donors (Lipinski definition) is 1. The van der Waals surface area contributed by atoms with Crippen LogP contribution in [-0.2, 0) is 6.42 Å². The standard InChI is InChI=1S/C18H21ClN2/c1-2-20-18(14-7-3-9-15(19)12-14)16-10-4-6-13-8-5-11-21-17(13)16/h3,5,7-9,11-12,16,18,20H,2,4,6,10H2,1H3. The highest BCUT2D eigenvalue weighted by Gasteiger charge is 2.29. The van der Waals surface area contributed by atoms with Gasteiger partial charge in [-0.25, -0.2) is 0 Å². The van der Waals surface area contributed by atoms with Crippen molar-refractivity contribution in [3.63, 3.8) is 0 Å². The lowest BCUT2D eigenvalue weighted by molar-refractivity contribution is 0.400. The van der Waals surface area contributed by atoms with Gasteiger partial charge in [0.05, 0.1) is 0 Å². The highest BCUT2D eigenvalue weighted by atomic mass is 35.5. The topological polar surface area (TPSA) is 24.9 Å². The van der Waals surface area contributed by atoms with Gasteiger partial charge >= 0.3 is 0 Å². The zero-order chi connectivity index (χ0) is 14.7. The molecule has 0 bridgehead atoms. The molecule has 2 aromatic rings.